The summed E-state index contributed by atoms with van der Waals surface area (Å²) >= 11 is 0. The predicted octanol–water partition coefficient (Wildman–Crippen LogP) is 1.43. The summed E-state index contributed by atoms with van der Waals surface area (Å²) in [6.07, 6.45) is 1.25. The number of benzene rings is 1. The molecule has 0 aromatic heterocycles. The molecule has 0 atom stereocenters. The minimum absolute atomic E-state index is 0.0659. The molecule has 0 bridgehead atoms. The molecule has 19 heavy (non-hydrogen) atoms. The van der Waals surface area contributed by atoms with Crippen molar-refractivity contribution in [2.45, 2.75) is 11.8 Å². The van der Waals surface area contributed by atoms with Crippen molar-refractivity contribution >= 4 is 15.8 Å². The number of hydrogen-bond acceptors (Lipinski definition) is 5. The third-order valence-electron chi connectivity index (χ3n) is 2.20. The molecular weight excluding hydrogens is 266 g/mol. The molecule has 0 unspecified atom stereocenters. The molecule has 5 nitrogen and oxygen atoms in total. The fraction of sp³-hybridized carbons (Fsp3) is 0.308. The molecule has 1 rings (SSSR count). The van der Waals surface area contributed by atoms with Crippen molar-refractivity contribution in [3.05, 3.63) is 41.4 Å². The Morgan fingerprint density at radius 2 is 1.84 bits per heavy atom. The van der Waals surface area contributed by atoms with Crippen LogP contribution in [0.5, 0.6) is 0 Å². The van der Waals surface area contributed by atoms with Crippen LogP contribution in [0.3, 0.4) is 0 Å². The molecule has 0 amide bonds. The molecule has 104 valence electrons. The summed E-state index contributed by atoms with van der Waals surface area (Å²) in [6.45, 7) is 1.74. The van der Waals surface area contributed by atoms with Gasteiger partial charge in [-0.15, -0.1) is 0 Å². The minimum atomic E-state index is -3.87. The maximum atomic E-state index is 12.4. The molecular formula is C13H17NO4S. The second-order valence-corrected chi connectivity index (χ2v) is 5.91. The highest BCUT2D eigenvalue weighted by Crippen LogP contribution is 2.20. The summed E-state index contributed by atoms with van der Waals surface area (Å²) in [4.78, 5) is 13.0. The molecule has 0 aliphatic heterocycles. The summed E-state index contributed by atoms with van der Waals surface area (Å²) in [5.74, 6) is -0.847. The van der Waals surface area contributed by atoms with Crippen molar-refractivity contribution in [3.8, 4) is 0 Å². The molecule has 6 heteroatoms. The van der Waals surface area contributed by atoms with Crippen LogP contribution in [0.4, 0.5) is 0 Å². The highest BCUT2D eigenvalue weighted by atomic mass is 32.2. The molecule has 0 aliphatic carbocycles. The predicted molar refractivity (Wildman–Crippen MR) is 72.0 cm³/mol. The van der Waals surface area contributed by atoms with Gasteiger partial charge in [0, 0.05) is 20.3 Å². The van der Waals surface area contributed by atoms with Gasteiger partial charge in [-0.1, -0.05) is 18.2 Å². The third-order valence-corrected chi connectivity index (χ3v) is 3.94. The van der Waals surface area contributed by atoms with Gasteiger partial charge in [0.2, 0.25) is 9.84 Å². The third kappa shape index (κ3) is 3.82. The summed E-state index contributed by atoms with van der Waals surface area (Å²) < 4.78 is 29.6. The van der Waals surface area contributed by atoms with E-state index >= 15 is 0 Å². The second kappa shape index (κ2) is 6.38. The first-order valence-electron chi connectivity index (χ1n) is 5.75. The topological polar surface area (TPSA) is 63.7 Å². The zero-order chi connectivity index (χ0) is 14.5. The molecule has 0 radical (unpaired) electrons. The Hall–Kier alpha value is -1.82. The number of carbonyl (C=O) groups is 1. The minimum Gasteiger partial charge on any atom is -0.462 e. The Morgan fingerprint density at radius 1 is 1.26 bits per heavy atom. The van der Waals surface area contributed by atoms with E-state index in [4.69, 9.17) is 4.74 Å². The van der Waals surface area contributed by atoms with Crippen LogP contribution in [0.25, 0.3) is 0 Å². The Kier molecular flexibility index (Phi) is 5.11. The Morgan fingerprint density at radius 3 is 2.32 bits per heavy atom. The molecule has 1 aromatic rings. The molecule has 0 saturated carbocycles. The van der Waals surface area contributed by atoms with Crippen LogP contribution in [0.15, 0.2) is 46.3 Å². The zero-order valence-electron chi connectivity index (χ0n) is 11.2. The van der Waals surface area contributed by atoms with Crippen molar-refractivity contribution < 1.29 is 17.9 Å². The molecule has 0 heterocycles. The number of hydrogen-bond donors (Lipinski definition) is 0. The first kappa shape index (κ1) is 15.2. The van der Waals surface area contributed by atoms with Crippen molar-refractivity contribution in [1.29, 1.82) is 0 Å². The number of carbonyl (C=O) groups excluding carboxylic acids is 1. The van der Waals surface area contributed by atoms with E-state index in [-0.39, 0.29) is 16.4 Å². The van der Waals surface area contributed by atoms with Gasteiger partial charge in [-0.3, -0.25) is 0 Å². The number of rotatable bonds is 5. The summed E-state index contributed by atoms with van der Waals surface area (Å²) in [7, 11) is -0.595. The number of nitrogens with zero attached hydrogens (tertiary/aromatic N) is 1. The lowest BCUT2D eigenvalue weighted by Crippen LogP contribution is -2.19. The van der Waals surface area contributed by atoms with Crippen LogP contribution < -0.4 is 0 Å². The smallest absolute Gasteiger partial charge is 0.351 e. The average Bonchev–Trinajstić information content (AvgIpc) is 2.37. The van der Waals surface area contributed by atoms with Gasteiger partial charge in [0.25, 0.3) is 0 Å². The van der Waals surface area contributed by atoms with Crippen molar-refractivity contribution in [2.24, 2.45) is 0 Å². The maximum Gasteiger partial charge on any atom is 0.351 e. The van der Waals surface area contributed by atoms with Crippen LogP contribution in [-0.2, 0) is 19.4 Å². The monoisotopic (exact) mass is 283 g/mol. The largest absolute Gasteiger partial charge is 0.462 e. The van der Waals surface area contributed by atoms with Crippen molar-refractivity contribution in [2.75, 3.05) is 20.7 Å². The second-order valence-electron chi connectivity index (χ2n) is 3.99. The highest BCUT2D eigenvalue weighted by molar-refractivity contribution is 7.96. The van der Waals surface area contributed by atoms with Gasteiger partial charge >= 0.3 is 5.97 Å². The van der Waals surface area contributed by atoms with Gasteiger partial charge in [0.05, 0.1) is 11.5 Å². The highest BCUT2D eigenvalue weighted by Gasteiger charge is 2.28. The van der Waals surface area contributed by atoms with Gasteiger partial charge < -0.3 is 9.64 Å². The molecule has 0 spiro atoms. The molecule has 1 aromatic carbocycles. The van der Waals surface area contributed by atoms with Crippen molar-refractivity contribution in [3.63, 3.8) is 0 Å². The van der Waals surface area contributed by atoms with E-state index in [1.54, 1.807) is 39.2 Å². The first-order chi connectivity index (χ1) is 8.89. The van der Waals surface area contributed by atoms with Crippen LogP contribution in [0.2, 0.25) is 0 Å². The quantitative estimate of drug-likeness (QED) is 0.604. The standard InChI is InChI=1S/C13H17NO4S/c1-4-18-13(15)12(10-14(2)3)19(16,17)11-8-6-5-7-9-11/h5-10H,4H2,1-3H3/b12-10-. The van der Waals surface area contributed by atoms with Crippen LogP contribution in [-0.4, -0.2) is 40.0 Å². The lowest BCUT2D eigenvalue weighted by molar-refractivity contribution is -0.137. The lowest BCUT2D eigenvalue weighted by Gasteiger charge is -2.12. The van der Waals surface area contributed by atoms with Crippen LogP contribution in [0, 0.1) is 0 Å². The fourth-order valence-electron chi connectivity index (χ4n) is 1.40. The summed E-state index contributed by atoms with van der Waals surface area (Å²) in [5, 5.41) is 0. The summed E-state index contributed by atoms with van der Waals surface area (Å²) in [6, 6.07) is 7.80. The van der Waals surface area contributed by atoms with Gasteiger partial charge in [-0.2, -0.15) is 0 Å². The number of esters is 1. The number of sulfone groups is 1. The van der Waals surface area contributed by atoms with Crippen LogP contribution >= 0.6 is 0 Å². The zero-order valence-corrected chi connectivity index (χ0v) is 12.0. The van der Waals surface area contributed by atoms with E-state index in [0.717, 1.165) is 0 Å². The lowest BCUT2D eigenvalue weighted by atomic mass is 10.4. The van der Waals surface area contributed by atoms with E-state index in [9.17, 15) is 13.2 Å². The van der Waals surface area contributed by atoms with E-state index < -0.39 is 15.8 Å². The molecule has 0 N–H and O–H groups in total. The molecule has 0 saturated heterocycles. The van der Waals surface area contributed by atoms with E-state index in [1.807, 2.05) is 0 Å². The maximum absolute atomic E-state index is 12.4. The fourth-order valence-corrected chi connectivity index (χ4v) is 2.79. The first-order valence-corrected chi connectivity index (χ1v) is 7.23. The van der Waals surface area contributed by atoms with Crippen molar-refractivity contribution in [1.82, 2.24) is 4.90 Å². The Balaban J connectivity index is 3.30. The Bertz CT molecular complexity index is 562. The molecule has 0 aliphatic rings. The van der Waals surface area contributed by atoms with E-state index in [2.05, 4.69) is 0 Å². The van der Waals surface area contributed by atoms with Crippen LogP contribution in [0.1, 0.15) is 6.92 Å². The normalized spacial score (nSPS) is 12.1. The van der Waals surface area contributed by atoms with Gasteiger partial charge in [0.15, 0.2) is 4.91 Å². The van der Waals surface area contributed by atoms with Gasteiger partial charge in [-0.25, -0.2) is 13.2 Å². The van der Waals surface area contributed by atoms with E-state index in [1.165, 1.54) is 23.2 Å². The summed E-state index contributed by atoms with van der Waals surface area (Å²) in [5.41, 5.74) is 0. The van der Waals surface area contributed by atoms with E-state index in [0.29, 0.717) is 0 Å². The SMILES string of the molecule is CCOC(=O)/C(=C/N(C)C)S(=O)(=O)c1ccccc1. The van der Waals surface area contributed by atoms with Gasteiger partial charge in [-0.05, 0) is 19.1 Å². The molecule has 0 fully saturated rings. The average molecular weight is 283 g/mol. The number of ether oxygens (including phenoxy) is 1. The Labute approximate surface area is 113 Å². The van der Waals surface area contributed by atoms with Gasteiger partial charge in [0.1, 0.15) is 0 Å².